The summed E-state index contributed by atoms with van der Waals surface area (Å²) in [5.74, 6) is -0.560. The highest BCUT2D eigenvalue weighted by molar-refractivity contribution is 5.87. The Morgan fingerprint density at radius 2 is 1.77 bits per heavy atom. The van der Waals surface area contributed by atoms with Gasteiger partial charge in [0.2, 0.25) is 0 Å². The van der Waals surface area contributed by atoms with Crippen molar-refractivity contribution in [1.82, 2.24) is 4.90 Å². The topological polar surface area (TPSA) is 76.1 Å². The Morgan fingerprint density at radius 1 is 1.10 bits per heavy atom. The molecule has 3 rings (SSSR count). The minimum Gasteiger partial charge on any atom is -0.467 e. The molecule has 0 bridgehead atoms. The largest absolute Gasteiger partial charge is 0.467 e. The fraction of sp³-hybridized carbons (Fsp3) is 0.417. The highest BCUT2D eigenvalue weighted by Crippen LogP contribution is 2.36. The molecule has 1 aliphatic rings. The summed E-state index contributed by atoms with van der Waals surface area (Å²) in [6.45, 7) is 5.31. The first-order valence-electron chi connectivity index (χ1n) is 10.1. The molecule has 0 unspecified atom stereocenters. The zero-order valence-corrected chi connectivity index (χ0v) is 17.9. The van der Waals surface area contributed by atoms with E-state index in [1.807, 2.05) is 54.6 Å². The lowest BCUT2D eigenvalue weighted by Crippen LogP contribution is -2.56. The fourth-order valence-electron chi connectivity index (χ4n) is 3.97. The molecule has 1 N–H and O–H groups in total. The molecular formula is C24H29NO5. The first-order valence-corrected chi connectivity index (χ1v) is 10.1. The van der Waals surface area contributed by atoms with Crippen molar-refractivity contribution in [2.75, 3.05) is 13.7 Å². The van der Waals surface area contributed by atoms with Crippen LogP contribution in [-0.4, -0.2) is 53.0 Å². The summed E-state index contributed by atoms with van der Waals surface area (Å²) in [5, 5.41) is 10.4. The molecule has 2 atom stereocenters. The van der Waals surface area contributed by atoms with Crippen LogP contribution in [0.3, 0.4) is 0 Å². The molecule has 30 heavy (non-hydrogen) atoms. The maximum atomic E-state index is 12.9. The second-order valence-electron chi connectivity index (χ2n) is 8.72. The van der Waals surface area contributed by atoms with E-state index in [9.17, 15) is 14.7 Å². The van der Waals surface area contributed by atoms with Crippen molar-refractivity contribution in [3.05, 3.63) is 60.2 Å². The number of amides is 1. The highest BCUT2D eigenvalue weighted by Gasteiger charge is 2.55. The molecular weight excluding hydrogens is 382 g/mol. The van der Waals surface area contributed by atoms with Gasteiger partial charge in [-0.1, -0.05) is 54.6 Å². The lowest BCUT2D eigenvalue weighted by molar-refractivity contribution is -0.153. The number of esters is 1. The Bertz CT molecular complexity index is 905. The van der Waals surface area contributed by atoms with Crippen molar-refractivity contribution >= 4 is 12.1 Å². The number of aliphatic hydroxyl groups excluding tert-OH is 1. The Labute approximate surface area is 177 Å². The molecule has 0 saturated carbocycles. The smallest absolute Gasteiger partial charge is 0.411 e. The van der Waals surface area contributed by atoms with Gasteiger partial charge in [0.1, 0.15) is 5.60 Å². The molecule has 1 aliphatic heterocycles. The van der Waals surface area contributed by atoms with Crippen LogP contribution < -0.4 is 0 Å². The van der Waals surface area contributed by atoms with Gasteiger partial charge in [0, 0.05) is 12.8 Å². The Hall–Kier alpha value is -2.86. The number of benzene rings is 2. The zero-order valence-electron chi connectivity index (χ0n) is 17.9. The SMILES string of the molecule is COC(=O)[C@]1(Cc2cccc(-c3ccccc3)c2)C[C@H](O)CN1C(=O)OC(C)(C)C. The quantitative estimate of drug-likeness (QED) is 0.775. The summed E-state index contributed by atoms with van der Waals surface area (Å²) < 4.78 is 10.6. The van der Waals surface area contributed by atoms with Gasteiger partial charge in [-0.3, -0.25) is 4.90 Å². The van der Waals surface area contributed by atoms with Gasteiger partial charge in [0.05, 0.1) is 19.8 Å². The second-order valence-corrected chi connectivity index (χ2v) is 8.72. The summed E-state index contributed by atoms with van der Waals surface area (Å²) in [6, 6.07) is 17.8. The van der Waals surface area contributed by atoms with E-state index in [2.05, 4.69) is 0 Å². The number of nitrogens with zero attached hydrogens (tertiary/aromatic N) is 1. The van der Waals surface area contributed by atoms with E-state index in [-0.39, 0.29) is 19.4 Å². The lowest BCUT2D eigenvalue weighted by Gasteiger charge is -2.36. The minimum absolute atomic E-state index is 0.0163. The van der Waals surface area contributed by atoms with Crippen LogP contribution >= 0.6 is 0 Å². The van der Waals surface area contributed by atoms with Gasteiger partial charge in [-0.2, -0.15) is 0 Å². The monoisotopic (exact) mass is 411 g/mol. The van der Waals surface area contributed by atoms with E-state index in [1.165, 1.54) is 12.0 Å². The Morgan fingerprint density at radius 3 is 2.40 bits per heavy atom. The van der Waals surface area contributed by atoms with Crippen molar-refractivity contribution in [3.63, 3.8) is 0 Å². The molecule has 6 nitrogen and oxygen atoms in total. The third-order valence-electron chi connectivity index (χ3n) is 5.19. The van der Waals surface area contributed by atoms with Crippen LogP contribution in [0.25, 0.3) is 11.1 Å². The number of β-amino-alcohol motifs (C(OH)–C–C–N with tert-alkyl or cyclic N) is 1. The average molecular weight is 411 g/mol. The molecule has 0 aromatic heterocycles. The van der Waals surface area contributed by atoms with Crippen LogP contribution in [0.2, 0.25) is 0 Å². The highest BCUT2D eigenvalue weighted by atomic mass is 16.6. The molecule has 0 spiro atoms. The van der Waals surface area contributed by atoms with Crippen molar-refractivity contribution in [2.24, 2.45) is 0 Å². The number of rotatable bonds is 4. The van der Waals surface area contributed by atoms with E-state index in [1.54, 1.807) is 20.8 Å². The minimum atomic E-state index is -1.33. The molecule has 0 radical (unpaired) electrons. The second kappa shape index (κ2) is 8.48. The van der Waals surface area contributed by atoms with Crippen LogP contribution in [0.4, 0.5) is 4.79 Å². The standard InChI is InChI=1S/C24H29NO5/c1-23(2,3)30-22(28)25-16-20(26)15-24(25,21(27)29-4)14-17-9-8-12-19(13-17)18-10-6-5-7-11-18/h5-13,20,26H,14-16H2,1-4H3/t20-,24-/m0/s1. The van der Waals surface area contributed by atoms with Crippen molar-refractivity contribution < 1.29 is 24.2 Å². The fourth-order valence-corrected chi connectivity index (χ4v) is 3.97. The van der Waals surface area contributed by atoms with E-state index < -0.39 is 29.3 Å². The molecule has 0 aliphatic carbocycles. The predicted octanol–water partition coefficient (Wildman–Crippen LogP) is 3.81. The number of likely N-dealkylation sites (tertiary alicyclic amines) is 1. The van der Waals surface area contributed by atoms with Crippen LogP contribution in [0.5, 0.6) is 0 Å². The normalized spacial score (nSPS) is 21.4. The number of carbonyl (C=O) groups is 2. The maximum Gasteiger partial charge on any atom is 0.411 e. The zero-order chi connectivity index (χ0) is 21.9. The van der Waals surface area contributed by atoms with E-state index in [0.717, 1.165) is 16.7 Å². The van der Waals surface area contributed by atoms with E-state index >= 15 is 0 Å². The first-order chi connectivity index (χ1) is 14.1. The molecule has 1 saturated heterocycles. The van der Waals surface area contributed by atoms with Gasteiger partial charge in [0.25, 0.3) is 0 Å². The van der Waals surface area contributed by atoms with Crippen LogP contribution in [-0.2, 0) is 20.7 Å². The number of aliphatic hydroxyl groups is 1. The summed E-state index contributed by atoms with van der Waals surface area (Å²) in [6.07, 6.45) is -1.16. The van der Waals surface area contributed by atoms with Gasteiger partial charge in [-0.15, -0.1) is 0 Å². The van der Waals surface area contributed by atoms with Crippen LogP contribution in [0.1, 0.15) is 32.8 Å². The summed E-state index contributed by atoms with van der Waals surface area (Å²) in [5.41, 5.74) is 0.882. The molecule has 1 amide bonds. The van der Waals surface area contributed by atoms with Crippen molar-refractivity contribution in [2.45, 2.75) is 50.9 Å². The first kappa shape index (κ1) is 21.8. The summed E-state index contributed by atoms with van der Waals surface area (Å²) in [4.78, 5) is 27.2. The Balaban J connectivity index is 1.98. The molecule has 1 heterocycles. The molecule has 160 valence electrons. The van der Waals surface area contributed by atoms with Gasteiger partial charge in [-0.05, 0) is 37.5 Å². The summed E-state index contributed by atoms with van der Waals surface area (Å²) >= 11 is 0. The van der Waals surface area contributed by atoms with Gasteiger partial charge < -0.3 is 14.6 Å². The van der Waals surface area contributed by atoms with Gasteiger partial charge in [-0.25, -0.2) is 9.59 Å². The molecule has 2 aromatic rings. The summed E-state index contributed by atoms with van der Waals surface area (Å²) in [7, 11) is 1.29. The third kappa shape index (κ3) is 4.65. The van der Waals surface area contributed by atoms with E-state index in [0.29, 0.717) is 0 Å². The number of carbonyl (C=O) groups excluding carboxylic acids is 2. The maximum absolute atomic E-state index is 12.9. The lowest BCUT2D eigenvalue weighted by atomic mass is 9.86. The van der Waals surface area contributed by atoms with Gasteiger partial charge >= 0.3 is 12.1 Å². The van der Waals surface area contributed by atoms with Crippen LogP contribution in [0.15, 0.2) is 54.6 Å². The van der Waals surface area contributed by atoms with Crippen molar-refractivity contribution in [1.29, 1.82) is 0 Å². The van der Waals surface area contributed by atoms with E-state index in [4.69, 9.17) is 9.47 Å². The Kier molecular flexibility index (Phi) is 6.17. The van der Waals surface area contributed by atoms with Crippen LogP contribution in [0, 0.1) is 0 Å². The molecule has 6 heteroatoms. The molecule has 1 fully saturated rings. The number of methoxy groups -OCH3 is 1. The van der Waals surface area contributed by atoms with Crippen molar-refractivity contribution in [3.8, 4) is 11.1 Å². The average Bonchev–Trinajstić information content (AvgIpc) is 3.04. The third-order valence-corrected chi connectivity index (χ3v) is 5.19. The van der Waals surface area contributed by atoms with Gasteiger partial charge in [0.15, 0.2) is 5.54 Å². The molecule has 2 aromatic carbocycles. The predicted molar refractivity (Wildman–Crippen MR) is 114 cm³/mol. The number of hydrogen-bond donors (Lipinski definition) is 1. The number of hydrogen-bond acceptors (Lipinski definition) is 5. The number of ether oxygens (including phenoxy) is 2.